The van der Waals surface area contributed by atoms with E-state index in [1.54, 1.807) is 29.2 Å². The van der Waals surface area contributed by atoms with Gasteiger partial charge in [-0.2, -0.15) is 0 Å². The molecule has 0 saturated heterocycles. The van der Waals surface area contributed by atoms with Crippen LogP contribution in [-0.4, -0.2) is 45.7 Å². The maximum atomic E-state index is 14.8. The molecule has 40 heavy (non-hydrogen) atoms. The van der Waals surface area contributed by atoms with Crippen LogP contribution in [0.5, 0.6) is 0 Å². The van der Waals surface area contributed by atoms with Crippen molar-refractivity contribution in [2.75, 3.05) is 4.90 Å². The molecule has 1 N–H and O–H groups in total. The Bertz CT molecular complexity index is 1310. The third-order valence-electron chi connectivity index (χ3n) is 10.00. The number of Topliss-reactive ketones (excluding diaryl/α,β-unsaturated/α-hetero) is 1. The van der Waals surface area contributed by atoms with Crippen molar-refractivity contribution in [2.24, 2.45) is 23.2 Å². The number of hydrogen-bond donors (Lipinski definition) is 1. The highest BCUT2D eigenvalue weighted by Gasteiger charge is 2.54. The Morgan fingerprint density at radius 3 is 2.10 bits per heavy atom. The van der Waals surface area contributed by atoms with Crippen LogP contribution in [0.15, 0.2) is 48.5 Å². The number of fused-ring (bicyclic) bond motifs is 1. The number of aryl methyl sites for hydroxylation is 1. The highest BCUT2D eigenvalue weighted by Crippen LogP contribution is 2.62. The fourth-order valence-corrected chi connectivity index (χ4v) is 8.78. The summed E-state index contributed by atoms with van der Waals surface area (Å²) in [6.07, 6.45) is 6.89. The molecular formula is C33H38N2O5. The number of anilines is 1. The lowest BCUT2D eigenvalue weighted by molar-refractivity contribution is -0.156. The zero-order chi connectivity index (χ0) is 28.2. The summed E-state index contributed by atoms with van der Waals surface area (Å²) in [5.41, 5.74) is 2.70. The van der Waals surface area contributed by atoms with Gasteiger partial charge in [-0.25, -0.2) is 4.79 Å². The standard InChI is InChI=1S/C33H38N2O5/c1-20-7-9-22(10-8-20)19-34-27-6-4-3-5-26(27)30(37)14-28(32(39)40)35(21(2)36)29(31(34)38)18-33-15-23-11-24(16-33)13-25(12-23)17-33/h3-10,23-25,28-29H,11-19H2,1-2H3,(H,39,40)/t23?,24?,25?,28-,29+,33?/m0/s1. The van der Waals surface area contributed by atoms with Crippen molar-refractivity contribution >= 4 is 29.3 Å². The summed E-state index contributed by atoms with van der Waals surface area (Å²) in [4.78, 5) is 57.3. The largest absolute Gasteiger partial charge is 0.480 e. The van der Waals surface area contributed by atoms with Gasteiger partial charge in [0.05, 0.1) is 12.2 Å². The maximum absolute atomic E-state index is 14.8. The molecule has 0 unspecified atom stereocenters. The number of ketones is 1. The van der Waals surface area contributed by atoms with Crippen LogP contribution in [0.1, 0.15) is 79.8 Å². The Labute approximate surface area is 235 Å². The summed E-state index contributed by atoms with van der Waals surface area (Å²) in [6.45, 7) is 3.56. The summed E-state index contributed by atoms with van der Waals surface area (Å²) in [5, 5.41) is 10.3. The number of carboxylic acid groups (broad SMARTS) is 1. The van der Waals surface area contributed by atoms with Gasteiger partial charge in [0.2, 0.25) is 11.8 Å². The van der Waals surface area contributed by atoms with Gasteiger partial charge in [-0.15, -0.1) is 0 Å². The SMILES string of the molecule is CC(=O)N1[C@H](CC23CC4CC(CC(C4)C2)C3)C(=O)N(Cc2ccc(C)cc2)c2ccccc2C(=O)C[C@H]1C(=O)O. The van der Waals surface area contributed by atoms with Crippen LogP contribution in [0.25, 0.3) is 0 Å². The zero-order valence-corrected chi connectivity index (χ0v) is 23.3. The summed E-state index contributed by atoms with van der Waals surface area (Å²) < 4.78 is 0. The molecule has 0 spiro atoms. The van der Waals surface area contributed by atoms with Gasteiger partial charge in [-0.05, 0) is 92.7 Å². The van der Waals surface area contributed by atoms with Crippen molar-refractivity contribution in [3.8, 4) is 0 Å². The van der Waals surface area contributed by atoms with Crippen LogP contribution < -0.4 is 4.90 Å². The molecule has 4 bridgehead atoms. The number of para-hydroxylation sites is 1. The lowest BCUT2D eigenvalue weighted by Crippen LogP contribution is -2.59. The van der Waals surface area contributed by atoms with Crippen LogP contribution >= 0.6 is 0 Å². The number of benzene rings is 2. The second-order valence-corrected chi connectivity index (χ2v) is 13.0. The number of aliphatic carboxylic acids is 1. The van der Waals surface area contributed by atoms with Gasteiger partial charge in [0.15, 0.2) is 5.78 Å². The third kappa shape index (κ3) is 4.84. The second-order valence-electron chi connectivity index (χ2n) is 13.0. The van der Waals surface area contributed by atoms with E-state index in [0.29, 0.717) is 35.4 Å². The lowest BCUT2D eigenvalue weighted by Gasteiger charge is -2.58. The number of hydrogen-bond acceptors (Lipinski definition) is 4. The Balaban J connectivity index is 1.48. The molecule has 5 aliphatic rings. The Morgan fingerprint density at radius 1 is 0.925 bits per heavy atom. The topological polar surface area (TPSA) is 95.0 Å². The summed E-state index contributed by atoms with van der Waals surface area (Å²) in [5.74, 6) is -0.494. The lowest BCUT2D eigenvalue weighted by atomic mass is 9.48. The number of carboxylic acids is 1. The first kappa shape index (κ1) is 26.7. The van der Waals surface area contributed by atoms with E-state index in [1.165, 1.54) is 31.1 Å². The molecule has 7 heteroatoms. The molecule has 2 aromatic rings. The average Bonchev–Trinajstić information content (AvgIpc) is 2.93. The molecule has 1 aliphatic heterocycles. The molecule has 2 aromatic carbocycles. The predicted octanol–water partition coefficient (Wildman–Crippen LogP) is 5.39. The van der Waals surface area contributed by atoms with Gasteiger partial charge < -0.3 is 14.9 Å². The maximum Gasteiger partial charge on any atom is 0.326 e. The fourth-order valence-electron chi connectivity index (χ4n) is 8.78. The first-order chi connectivity index (χ1) is 19.1. The van der Waals surface area contributed by atoms with Gasteiger partial charge in [0.1, 0.15) is 12.1 Å². The molecule has 7 nitrogen and oxygen atoms in total. The molecule has 4 fully saturated rings. The molecule has 210 valence electrons. The highest BCUT2D eigenvalue weighted by atomic mass is 16.4. The molecule has 0 radical (unpaired) electrons. The first-order valence-corrected chi connectivity index (χ1v) is 14.6. The summed E-state index contributed by atoms with van der Waals surface area (Å²) >= 11 is 0. The Morgan fingerprint density at radius 2 is 1.52 bits per heavy atom. The third-order valence-corrected chi connectivity index (χ3v) is 10.00. The van der Waals surface area contributed by atoms with Gasteiger partial charge in [0.25, 0.3) is 0 Å². The van der Waals surface area contributed by atoms with Crippen molar-refractivity contribution in [1.29, 1.82) is 0 Å². The molecule has 4 aliphatic carbocycles. The van der Waals surface area contributed by atoms with Gasteiger partial charge in [-0.3, -0.25) is 14.4 Å². The van der Waals surface area contributed by atoms with Gasteiger partial charge in [-0.1, -0.05) is 42.0 Å². The number of nitrogens with zero attached hydrogens (tertiary/aromatic N) is 2. The molecule has 0 aromatic heterocycles. The van der Waals surface area contributed by atoms with Gasteiger partial charge in [0, 0.05) is 18.9 Å². The normalized spacial score (nSPS) is 31.4. The van der Waals surface area contributed by atoms with E-state index in [4.69, 9.17) is 0 Å². The minimum absolute atomic E-state index is 0.0844. The minimum Gasteiger partial charge on any atom is -0.480 e. The van der Waals surface area contributed by atoms with Crippen molar-refractivity contribution in [3.63, 3.8) is 0 Å². The molecule has 7 rings (SSSR count). The van der Waals surface area contributed by atoms with E-state index in [1.807, 2.05) is 31.2 Å². The molecule has 4 saturated carbocycles. The average molecular weight is 543 g/mol. The van der Waals surface area contributed by atoms with E-state index < -0.39 is 24.0 Å². The number of carbonyl (C=O) groups excluding carboxylic acids is 3. The molecular weight excluding hydrogens is 504 g/mol. The van der Waals surface area contributed by atoms with Gasteiger partial charge >= 0.3 is 5.97 Å². The smallest absolute Gasteiger partial charge is 0.326 e. The minimum atomic E-state index is -1.40. The Kier molecular flexibility index (Phi) is 6.79. The van der Waals surface area contributed by atoms with Crippen LogP contribution in [0, 0.1) is 30.1 Å². The van der Waals surface area contributed by atoms with E-state index in [2.05, 4.69) is 0 Å². The number of amides is 2. The van der Waals surface area contributed by atoms with Crippen molar-refractivity contribution in [1.82, 2.24) is 4.90 Å². The Hall–Kier alpha value is -3.48. The predicted molar refractivity (Wildman–Crippen MR) is 151 cm³/mol. The fraction of sp³-hybridized carbons (Fsp3) is 0.515. The molecule has 1 heterocycles. The molecule has 2 atom stereocenters. The van der Waals surface area contributed by atoms with Crippen LogP contribution in [0.2, 0.25) is 0 Å². The van der Waals surface area contributed by atoms with E-state index in [-0.39, 0.29) is 30.1 Å². The summed E-state index contributed by atoms with van der Waals surface area (Å²) in [6, 6.07) is 12.5. The quantitative estimate of drug-likeness (QED) is 0.547. The molecule has 2 amide bonds. The van der Waals surface area contributed by atoms with E-state index >= 15 is 0 Å². The van der Waals surface area contributed by atoms with Crippen LogP contribution in [0.3, 0.4) is 0 Å². The van der Waals surface area contributed by atoms with E-state index in [9.17, 15) is 24.3 Å². The second kappa shape index (κ2) is 10.2. The van der Waals surface area contributed by atoms with Crippen molar-refractivity contribution < 1.29 is 24.3 Å². The van der Waals surface area contributed by atoms with E-state index in [0.717, 1.165) is 30.4 Å². The number of rotatable bonds is 5. The highest BCUT2D eigenvalue weighted by molar-refractivity contribution is 6.10. The first-order valence-electron chi connectivity index (χ1n) is 14.6. The zero-order valence-electron chi connectivity index (χ0n) is 23.3. The number of carbonyl (C=O) groups is 4. The van der Waals surface area contributed by atoms with Crippen LogP contribution in [0.4, 0.5) is 5.69 Å². The summed E-state index contributed by atoms with van der Waals surface area (Å²) in [7, 11) is 0. The van der Waals surface area contributed by atoms with Crippen LogP contribution in [-0.2, 0) is 20.9 Å². The van der Waals surface area contributed by atoms with Crippen molar-refractivity contribution in [2.45, 2.75) is 83.8 Å². The monoisotopic (exact) mass is 542 g/mol. The van der Waals surface area contributed by atoms with Crippen molar-refractivity contribution in [3.05, 3.63) is 65.2 Å².